The van der Waals surface area contributed by atoms with Crippen molar-refractivity contribution in [2.45, 2.75) is 26.2 Å². The number of nitrogens with zero attached hydrogens (tertiary/aromatic N) is 4. The molecule has 3 rings (SSSR count). The first-order valence-electron chi connectivity index (χ1n) is 10.8. The average Bonchev–Trinajstić information content (AvgIpc) is 2.83. The van der Waals surface area contributed by atoms with Gasteiger partial charge in [-0.25, -0.2) is 4.79 Å². The standard InChI is InChI=1S/C24H26N4O5/c1-18-7-5-13-26(16-18)21-11-10-19(15-22(21)28(31)32)24(30)33-17-23(29)27(14-6-12-25)20-8-3-2-4-9-20/h2-4,8-11,15,18H,5-7,13-14,16-17H2,1H3/t18-/m0/s1. The number of carbonyl (C=O) groups excluding carboxylic acids is 2. The fourth-order valence-corrected chi connectivity index (χ4v) is 3.93. The number of esters is 1. The van der Waals surface area contributed by atoms with Crippen LogP contribution >= 0.6 is 0 Å². The summed E-state index contributed by atoms with van der Waals surface area (Å²) in [4.78, 5) is 39.7. The lowest BCUT2D eigenvalue weighted by atomic mass is 9.99. The summed E-state index contributed by atoms with van der Waals surface area (Å²) in [6.07, 6.45) is 2.16. The fraction of sp³-hybridized carbons (Fsp3) is 0.375. The summed E-state index contributed by atoms with van der Waals surface area (Å²) in [5, 5.41) is 20.6. The van der Waals surface area contributed by atoms with E-state index in [2.05, 4.69) is 6.92 Å². The van der Waals surface area contributed by atoms with Gasteiger partial charge in [0.1, 0.15) is 5.69 Å². The van der Waals surface area contributed by atoms with Gasteiger partial charge in [-0.1, -0.05) is 25.1 Å². The van der Waals surface area contributed by atoms with Crippen molar-refractivity contribution < 1.29 is 19.2 Å². The number of carbonyl (C=O) groups is 2. The molecule has 1 atom stereocenters. The van der Waals surface area contributed by atoms with Crippen LogP contribution in [-0.2, 0) is 9.53 Å². The van der Waals surface area contributed by atoms with Crippen LogP contribution in [0.25, 0.3) is 0 Å². The molecule has 0 radical (unpaired) electrons. The number of piperidine rings is 1. The summed E-state index contributed by atoms with van der Waals surface area (Å²) in [7, 11) is 0. The van der Waals surface area contributed by atoms with Crippen LogP contribution in [0.1, 0.15) is 36.5 Å². The molecular formula is C24H26N4O5. The predicted octanol–water partition coefficient (Wildman–Crippen LogP) is 3.93. The lowest BCUT2D eigenvalue weighted by Gasteiger charge is -2.32. The maximum atomic E-state index is 12.7. The monoisotopic (exact) mass is 450 g/mol. The van der Waals surface area contributed by atoms with Gasteiger partial charge in [0.15, 0.2) is 6.61 Å². The van der Waals surface area contributed by atoms with Crippen molar-refractivity contribution in [2.75, 3.05) is 36.0 Å². The van der Waals surface area contributed by atoms with Gasteiger partial charge in [-0.2, -0.15) is 5.26 Å². The van der Waals surface area contributed by atoms with Crippen molar-refractivity contribution in [1.82, 2.24) is 0 Å². The summed E-state index contributed by atoms with van der Waals surface area (Å²) in [5.41, 5.74) is 0.909. The lowest BCUT2D eigenvalue weighted by Crippen LogP contribution is -2.35. The van der Waals surface area contributed by atoms with E-state index in [9.17, 15) is 19.7 Å². The van der Waals surface area contributed by atoms with E-state index < -0.39 is 23.4 Å². The first-order valence-corrected chi connectivity index (χ1v) is 10.8. The highest BCUT2D eigenvalue weighted by Crippen LogP contribution is 2.32. The topological polar surface area (TPSA) is 117 Å². The van der Waals surface area contributed by atoms with Gasteiger partial charge >= 0.3 is 5.97 Å². The van der Waals surface area contributed by atoms with Crippen LogP contribution in [-0.4, -0.2) is 43.0 Å². The van der Waals surface area contributed by atoms with Gasteiger partial charge < -0.3 is 14.5 Å². The van der Waals surface area contributed by atoms with E-state index in [1.54, 1.807) is 36.4 Å². The highest BCUT2D eigenvalue weighted by molar-refractivity contribution is 5.97. The molecule has 0 aliphatic carbocycles. The molecule has 9 nitrogen and oxygen atoms in total. The zero-order chi connectivity index (χ0) is 23.8. The lowest BCUT2D eigenvalue weighted by molar-refractivity contribution is -0.384. The van der Waals surface area contributed by atoms with Crippen molar-refractivity contribution in [2.24, 2.45) is 5.92 Å². The Morgan fingerprint density at radius 2 is 2.03 bits per heavy atom. The molecule has 0 spiro atoms. The van der Waals surface area contributed by atoms with Crippen LogP contribution in [0.3, 0.4) is 0 Å². The number of anilines is 2. The number of hydrogen-bond acceptors (Lipinski definition) is 7. The second kappa shape index (κ2) is 11.1. The molecule has 2 aromatic rings. The Morgan fingerprint density at radius 1 is 1.27 bits per heavy atom. The highest BCUT2D eigenvalue weighted by Gasteiger charge is 2.26. The van der Waals surface area contributed by atoms with E-state index >= 15 is 0 Å². The smallest absolute Gasteiger partial charge is 0.338 e. The maximum absolute atomic E-state index is 12.7. The van der Waals surface area contributed by atoms with Crippen LogP contribution in [0.5, 0.6) is 0 Å². The van der Waals surface area contributed by atoms with E-state index in [1.165, 1.54) is 17.0 Å². The molecule has 2 aromatic carbocycles. The number of nitro groups is 1. The second-order valence-corrected chi connectivity index (χ2v) is 8.02. The quantitative estimate of drug-likeness (QED) is 0.340. The van der Waals surface area contributed by atoms with Crippen molar-refractivity contribution in [3.05, 3.63) is 64.2 Å². The van der Waals surface area contributed by atoms with Crippen molar-refractivity contribution >= 4 is 28.9 Å². The van der Waals surface area contributed by atoms with E-state index in [1.807, 2.05) is 11.0 Å². The number of ether oxygens (including phenoxy) is 1. The number of amides is 1. The molecule has 1 saturated heterocycles. The van der Waals surface area contributed by atoms with Gasteiger partial charge in [0, 0.05) is 31.4 Å². The molecule has 1 heterocycles. The summed E-state index contributed by atoms with van der Waals surface area (Å²) in [6.45, 7) is 3.17. The summed E-state index contributed by atoms with van der Waals surface area (Å²) < 4.78 is 5.16. The van der Waals surface area contributed by atoms with Gasteiger partial charge in [-0.15, -0.1) is 0 Å². The van der Waals surface area contributed by atoms with Crippen molar-refractivity contribution in [1.29, 1.82) is 5.26 Å². The molecule has 1 fully saturated rings. The molecule has 0 aromatic heterocycles. The number of nitro benzene ring substituents is 1. The minimum absolute atomic E-state index is 0.00611. The Kier molecular flexibility index (Phi) is 7.97. The Morgan fingerprint density at radius 3 is 2.70 bits per heavy atom. The minimum atomic E-state index is -0.821. The van der Waals surface area contributed by atoms with E-state index in [0.717, 1.165) is 25.9 Å². The first-order chi connectivity index (χ1) is 15.9. The number of rotatable bonds is 8. The molecule has 172 valence electrons. The van der Waals surface area contributed by atoms with E-state index in [4.69, 9.17) is 10.00 Å². The number of benzene rings is 2. The molecule has 1 aliphatic rings. The molecular weight excluding hydrogens is 424 g/mol. The number of nitriles is 1. The Labute approximate surface area is 192 Å². The predicted molar refractivity (Wildman–Crippen MR) is 123 cm³/mol. The maximum Gasteiger partial charge on any atom is 0.338 e. The minimum Gasteiger partial charge on any atom is -0.452 e. The molecule has 33 heavy (non-hydrogen) atoms. The molecule has 0 unspecified atom stereocenters. The van der Waals surface area contributed by atoms with Gasteiger partial charge in [0.05, 0.1) is 23.0 Å². The zero-order valence-corrected chi connectivity index (χ0v) is 18.5. The van der Waals surface area contributed by atoms with Crippen LogP contribution in [0.2, 0.25) is 0 Å². The van der Waals surface area contributed by atoms with Gasteiger partial charge in [-0.05, 0) is 43.0 Å². The third-order valence-corrected chi connectivity index (χ3v) is 5.55. The summed E-state index contributed by atoms with van der Waals surface area (Å²) >= 11 is 0. The normalized spacial score (nSPS) is 15.4. The summed E-state index contributed by atoms with van der Waals surface area (Å²) in [5.74, 6) is -0.876. The fourth-order valence-electron chi connectivity index (χ4n) is 3.93. The average molecular weight is 450 g/mol. The van der Waals surface area contributed by atoms with Gasteiger partial charge in [-0.3, -0.25) is 14.9 Å². The Hall–Kier alpha value is -3.93. The Bertz CT molecular complexity index is 1050. The molecule has 1 amide bonds. The molecule has 0 bridgehead atoms. The van der Waals surface area contributed by atoms with Crippen LogP contribution in [0.4, 0.5) is 17.1 Å². The highest BCUT2D eigenvalue weighted by atomic mass is 16.6. The molecule has 0 saturated carbocycles. The first kappa shape index (κ1) is 23.7. The van der Waals surface area contributed by atoms with E-state index in [-0.39, 0.29) is 24.2 Å². The SMILES string of the molecule is C[C@H]1CCCN(c2ccc(C(=O)OCC(=O)N(CCC#N)c3ccccc3)cc2[N+](=O)[O-])C1. The van der Waals surface area contributed by atoms with Gasteiger partial charge in [0.25, 0.3) is 11.6 Å². The third kappa shape index (κ3) is 6.07. The Balaban J connectivity index is 1.71. The largest absolute Gasteiger partial charge is 0.452 e. The van der Waals surface area contributed by atoms with Crippen molar-refractivity contribution in [3.63, 3.8) is 0 Å². The van der Waals surface area contributed by atoms with E-state index in [0.29, 0.717) is 17.3 Å². The third-order valence-electron chi connectivity index (χ3n) is 5.55. The van der Waals surface area contributed by atoms with Crippen LogP contribution in [0, 0.1) is 27.4 Å². The zero-order valence-electron chi connectivity index (χ0n) is 18.5. The van der Waals surface area contributed by atoms with Crippen molar-refractivity contribution in [3.8, 4) is 6.07 Å². The molecule has 1 aliphatic heterocycles. The number of para-hydroxylation sites is 1. The summed E-state index contributed by atoms with van der Waals surface area (Å²) in [6, 6.07) is 15.0. The molecule has 9 heteroatoms. The van der Waals surface area contributed by atoms with Gasteiger partial charge in [0.2, 0.25) is 0 Å². The number of hydrogen-bond donors (Lipinski definition) is 0. The second-order valence-electron chi connectivity index (χ2n) is 8.02. The van der Waals surface area contributed by atoms with Crippen LogP contribution < -0.4 is 9.80 Å². The molecule has 0 N–H and O–H groups in total. The van der Waals surface area contributed by atoms with Crippen LogP contribution in [0.15, 0.2) is 48.5 Å².